The van der Waals surface area contributed by atoms with Gasteiger partial charge in [0.25, 0.3) is 5.91 Å². The highest BCUT2D eigenvalue weighted by Gasteiger charge is 2.31. The largest absolute Gasteiger partial charge is 0.493 e. The zero-order valence-electron chi connectivity index (χ0n) is 14.5. The molecule has 3 rings (SSSR count). The lowest BCUT2D eigenvalue weighted by molar-refractivity contribution is 0.0613. The van der Waals surface area contributed by atoms with Gasteiger partial charge in [0.15, 0.2) is 0 Å². The normalized spacial score (nSPS) is 16.6. The van der Waals surface area contributed by atoms with Gasteiger partial charge in [-0.25, -0.2) is 0 Å². The van der Waals surface area contributed by atoms with E-state index in [9.17, 15) is 4.79 Å². The molecule has 0 fully saturated rings. The van der Waals surface area contributed by atoms with Gasteiger partial charge in [-0.15, -0.1) is 0 Å². The van der Waals surface area contributed by atoms with Crippen LogP contribution in [-0.4, -0.2) is 35.1 Å². The summed E-state index contributed by atoms with van der Waals surface area (Å²) in [6.45, 7) is 4.61. The predicted octanol–water partition coefficient (Wildman–Crippen LogP) is 3.48. The molecule has 1 atom stereocenters. The molecule has 2 aromatic rings. The van der Waals surface area contributed by atoms with Crippen LogP contribution in [-0.2, 0) is 6.54 Å². The second kappa shape index (κ2) is 7.93. The summed E-state index contributed by atoms with van der Waals surface area (Å²) in [5, 5.41) is 0.555. The monoisotopic (exact) mass is 361 g/mol. The lowest BCUT2D eigenvalue weighted by atomic mass is 10.0. The van der Waals surface area contributed by atoms with Crippen molar-refractivity contribution in [1.29, 1.82) is 0 Å². The number of halogens is 1. The highest BCUT2D eigenvalue weighted by Crippen LogP contribution is 2.32. The fraction of sp³-hybridized carbons (Fsp3) is 0.421. The Morgan fingerprint density at radius 2 is 2.20 bits per heavy atom. The number of nitrogens with zero attached hydrogens (tertiary/aromatic N) is 2. The van der Waals surface area contributed by atoms with Gasteiger partial charge in [-0.3, -0.25) is 4.79 Å². The van der Waals surface area contributed by atoms with Crippen LogP contribution in [0.15, 0.2) is 36.5 Å². The number of carbonyl (C=O) groups is 1. The van der Waals surface area contributed by atoms with Crippen molar-refractivity contribution in [2.45, 2.75) is 32.4 Å². The van der Waals surface area contributed by atoms with Gasteiger partial charge in [-0.05, 0) is 49.7 Å². The SMILES string of the molecule is CCC1c2cccn2CCN1C(=O)c1ccc(Cl)cc1OCCCN. The highest BCUT2D eigenvalue weighted by atomic mass is 35.5. The van der Waals surface area contributed by atoms with Gasteiger partial charge in [0.05, 0.1) is 18.2 Å². The van der Waals surface area contributed by atoms with Gasteiger partial charge in [-0.2, -0.15) is 0 Å². The molecule has 0 bridgehead atoms. The van der Waals surface area contributed by atoms with Crippen LogP contribution >= 0.6 is 11.6 Å². The van der Waals surface area contributed by atoms with Crippen LogP contribution in [0.4, 0.5) is 0 Å². The maximum atomic E-state index is 13.2. The van der Waals surface area contributed by atoms with E-state index in [0.717, 1.165) is 19.4 Å². The van der Waals surface area contributed by atoms with E-state index in [0.29, 0.717) is 36.0 Å². The Balaban J connectivity index is 1.87. The highest BCUT2D eigenvalue weighted by molar-refractivity contribution is 6.30. The molecular formula is C19H24ClN3O2. The van der Waals surface area contributed by atoms with E-state index in [2.05, 4.69) is 23.8 Å². The van der Waals surface area contributed by atoms with Crippen LogP contribution in [0, 0.1) is 0 Å². The molecule has 2 N–H and O–H groups in total. The van der Waals surface area contributed by atoms with Crippen molar-refractivity contribution in [3.63, 3.8) is 0 Å². The third-order valence-electron chi connectivity index (χ3n) is 4.59. The van der Waals surface area contributed by atoms with Crippen LogP contribution < -0.4 is 10.5 Å². The van der Waals surface area contributed by atoms with Crippen LogP contribution in [0.1, 0.15) is 41.9 Å². The number of ether oxygens (including phenoxy) is 1. The molecular weight excluding hydrogens is 338 g/mol. The fourth-order valence-corrected chi connectivity index (χ4v) is 3.51. The minimum atomic E-state index is -0.0151. The molecule has 2 heterocycles. The number of carbonyl (C=O) groups excluding carboxylic acids is 1. The van der Waals surface area contributed by atoms with Crippen LogP contribution in [0.3, 0.4) is 0 Å². The number of fused-ring (bicyclic) bond motifs is 1. The van der Waals surface area contributed by atoms with Gasteiger partial charge in [0, 0.05) is 30.0 Å². The molecule has 1 aromatic heterocycles. The maximum Gasteiger partial charge on any atom is 0.258 e. The molecule has 5 nitrogen and oxygen atoms in total. The van der Waals surface area contributed by atoms with Crippen molar-refractivity contribution in [3.8, 4) is 5.75 Å². The average Bonchev–Trinajstić information content (AvgIpc) is 3.09. The first kappa shape index (κ1) is 17.8. The van der Waals surface area contributed by atoms with E-state index in [1.165, 1.54) is 5.69 Å². The third kappa shape index (κ3) is 3.67. The summed E-state index contributed by atoms with van der Waals surface area (Å²) >= 11 is 6.10. The van der Waals surface area contributed by atoms with E-state index in [1.807, 2.05) is 11.0 Å². The van der Waals surface area contributed by atoms with Crippen LogP contribution in [0.2, 0.25) is 5.02 Å². The van der Waals surface area contributed by atoms with Gasteiger partial charge in [-0.1, -0.05) is 18.5 Å². The zero-order chi connectivity index (χ0) is 17.8. The summed E-state index contributed by atoms with van der Waals surface area (Å²) in [4.78, 5) is 15.2. The first-order chi connectivity index (χ1) is 12.2. The molecule has 1 unspecified atom stereocenters. The Labute approximate surface area is 153 Å². The minimum absolute atomic E-state index is 0.0151. The van der Waals surface area contributed by atoms with Crippen molar-refractivity contribution in [2.75, 3.05) is 19.7 Å². The van der Waals surface area contributed by atoms with Crippen molar-refractivity contribution in [1.82, 2.24) is 9.47 Å². The summed E-state index contributed by atoms with van der Waals surface area (Å²) in [5.74, 6) is 0.514. The molecule has 1 aliphatic heterocycles. The number of hydrogen-bond acceptors (Lipinski definition) is 3. The smallest absolute Gasteiger partial charge is 0.258 e. The number of benzene rings is 1. The van der Waals surface area contributed by atoms with Gasteiger partial charge < -0.3 is 19.9 Å². The summed E-state index contributed by atoms with van der Waals surface area (Å²) in [7, 11) is 0. The summed E-state index contributed by atoms with van der Waals surface area (Å²) in [6.07, 6.45) is 3.67. The summed E-state index contributed by atoms with van der Waals surface area (Å²) < 4.78 is 8.00. The fourth-order valence-electron chi connectivity index (χ4n) is 3.35. The quantitative estimate of drug-likeness (QED) is 0.801. The molecule has 6 heteroatoms. The minimum Gasteiger partial charge on any atom is -0.493 e. The van der Waals surface area contributed by atoms with Gasteiger partial charge in [0.1, 0.15) is 5.75 Å². The van der Waals surface area contributed by atoms with E-state index in [-0.39, 0.29) is 11.9 Å². The maximum absolute atomic E-state index is 13.2. The van der Waals surface area contributed by atoms with Crippen molar-refractivity contribution in [2.24, 2.45) is 5.73 Å². The first-order valence-electron chi connectivity index (χ1n) is 8.74. The molecule has 134 valence electrons. The average molecular weight is 362 g/mol. The van der Waals surface area contributed by atoms with Gasteiger partial charge in [0.2, 0.25) is 0 Å². The van der Waals surface area contributed by atoms with Crippen LogP contribution in [0.5, 0.6) is 5.75 Å². The number of aromatic nitrogens is 1. The van der Waals surface area contributed by atoms with Crippen LogP contribution in [0.25, 0.3) is 0 Å². The molecule has 0 saturated carbocycles. The van der Waals surface area contributed by atoms with E-state index < -0.39 is 0 Å². The van der Waals surface area contributed by atoms with Crippen molar-refractivity contribution < 1.29 is 9.53 Å². The van der Waals surface area contributed by atoms with E-state index >= 15 is 0 Å². The molecule has 0 saturated heterocycles. The summed E-state index contributed by atoms with van der Waals surface area (Å²) in [6, 6.07) is 9.40. The topological polar surface area (TPSA) is 60.5 Å². The number of nitrogens with two attached hydrogens (primary N) is 1. The van der Waals surface area contributed by atoms with Crippen molar-refractivity contribution in [3.05, 3.63) is 52.8 Å². The van der Waals surface area contributed by atoms with E-state index in [1.54, 1.807) is 18.2 Å². The Bertz CT molecular complexity index is 744. The standard InChI is InChI=1S/C19H24ClN3O2/c1-2-16-17-5-3-9-22(17)10-11-23(16)19(24)15-7-6-14(20)13-18(15)25-12-4-8-21/h3,5-7,9,13,16H,2,4,8,10-12,21H2,1H3. The zero-order valence-corrected chi connectivity index (χ0v) is 15.2. The Hall–Kier alpha value is -1.98. The molecule has 0 spiro atoms. The number of hydrogen-bond donors (Lipinski definition) is 1. The number of amides is 1. The molecule has 0 radical (unpaired) electrons. The molecule has 1 aromatic carbocycles. The molecule has 25 heavy (non-hydrogen) atoms. The number of rotatable bonds is 6. The molecule has 1 amide bonds. The second-order valence-corrected chi connectivity index (χ2v) is 6.62. The molecule has 1 aliphatic rings. The predicted molar refractivity (Wildman–Crippen MR) is 99.1 cm³/mol. The van der Waals surface area contributed by atoms with E-state index in [4.69, 9.17) is 22.1 Å². The van der Waals surface area contributed by atoms with Gasteiger partial charge >= 0.3 is 0 Å². The van der Waals surface area contributed by atoms with Crippen molar-refractivity contribution >= 4 is 17.5 Å². The lowest BCUT2D eigenvalue weighted by Gasteiger charge is -2.37. The lowest BCUT2D eigenvalue weighted by Crippen LogP contribution is -2.41. The third-order valence-corrected chi connectivity index (χ3v) is 4.83. The Morgan fingerprint density at radius 1 is 1.36 bits per heavy atom. The first-order valence-corrected chi connectivity index (χ1v) is 9.12. The molecule has 0 aliphatic carbocycles. The Kier molecular flexibility index (Phi) is 5.66. The second-order valence-electron chi connectivity index (χ2n) is 6.18. The Morgan fingerprint density at radius 3 is 2.96 bits per heavy atom. The summed E-state index contributed by atoms with van der Waals surface area (Å²) in [5.41, 5.74) is 7.26.